The van der Waals surface area contributed by atoms with Crippen molar-refractivity contribution in [3.63, 3.8) is 0 Å². The van der Waals surface area contributed by atoms with E-state index in [0.717, 1.165) is 16.7 Å². The van der Waals surface area contributed by atoms with Crippen LogP contribution in [0.3, 0.4) is 0 Å². The van der Waals surface area contributed by atoms with E-state index in [1.807, 2.05) is 36.1 Å². The van der Waals surface area contributed by atoms with Crippen molar-refractivity contribution in [3.8, 4) is 0 Å². The lowest BCUT2D eigenvalue weighted by Crippen LogP contribution is -2.51. The molecule has 5 heteroatoms. The first-order chi connectivity index (χ1) is 12.5. The molecular formula is C21H23FN2O2. The summed E-state index contributed by atoms with van der Waals surface area (Å²) >= 11 is 0. The van der Waals surface area contributed by atoms with Crippen LogP contribution in [0.1, 0.15) is 16.7 Å². The molecule has 2 aromatic carbocycles. The molecule has 0 unspecified atom stereocenters. The highest BCUT2D eigenvalue weighted by Crippen LogP contribution is 2.11. The summed E-state index contributed by atoms with van der Waals surface area (Å²) in [6.07, 6.45) is 0.655. The molecule has 0 aromatic heterocycles. The van der Waals surface area contributed by atoms with E-state index in [0.29, 0.717) is 32.6 Å². The van der Waals surface area contributed by atoms with Gasteiger partial charge in [-0.2, -0.15) is 0 Å². The Kier molecular flexibility index (Phi) is 5.66. The molecule has 4 nitrogen and oxygen atoms in total. The third-order valence-electron chi connectivity index (χ3n) is 4.69. The number of piperazine rings is 1. The molecule has 1 saturated heterocycles. The van der Waals surface area contributed by atoms with Gasteiger partial charge in [0, 0.05) is 26.2 Å². The van der Waals surface area contributed by atoms with Crippen molar-refractivity contribution in [2.45, 2.75) is 19.8 Å². The molecule has 1 heterocycles. The van der Waals surface area contributed by atoms with Crippen LogP contribution in [0.2, 0.25) is 0 Å². The molecule has 2 aromatic rings. The first-order valence-corrected chi connectivity index (χ1v) is 8.87. The van der Waals surface area contributed by atoms with Crippen molar-refractivity contribution in [2.24, 2.45) is 0 Å². The minimum atomic E-state index is -0.304. The van der Waals surface area contributed by atoms with Crippen LogP contribution in [0.15, 0.2) is 48.5 Å². The third kappa shape index (κ3) is 4.69. The topological polar surface area (TPSA) is 40.6 Å². The number of benzene rings is 2. The zero-order valence-electron chi connectivity index (χ0n) is 15.0. The van der Waals surface area contributed by atoms with Gasteiger partial charge >= 0.3 is 0 Å². The molecule has 1 aliphatic rings. The number of carbonyl (C=O) groups excluding carboxylic acids is 2. The predicted octanol–water partition coefficient (Wildman–Crippen LogP) is 2.59. The second kappa shape index (κ2) is 8.13. The van der Waals surface area contributed by atoms with Gasteiger partial charge in [-0.1, -0.05) is 42.0 Å². The zero-order valence-corrected chi connectivity index (χ0v) is 15.0. The lowest BCUT2D eigenvalue weighted by molar-refractivity contribution is -0.138. The van der Waals surface area contributed by atoms with Crippen molar-refractivity contribution >= 4 is 11.8 Å². The van der Waals surface area contributed by atoms with Crippen LogP contribution in [0.25, 0.3) is 0 Å². The maximum Gasteiger partial charge on any atom is 0.227 e. The fraction of sp³-hybridized carbons (Fsp3) is 0.333. The van der Waals surface area contributed by atoms with Crippen molar-refractivity contribution in [1.29, 1.82) is 0 Å². The molecule has 2 amide bonds. The van der Waals surface area contributed by atoms with Gasteiger partial charge in [0.1, 0.15) is 5.82 Å². The number of aryl methyl sites for hydroxylation is 1. The largest absolute Gasteiger partial charge is 0.339 e. The molecular weight excluding hydrogens is 331 g/mol. The quantitative estimate of drug-likeness (QED) is 0.847. The second-order valence-electron chi connectivity index (χ2n) is 6.73. The van der Waals surface area contributed by atoms with E-state index in [9.17, 15) is 14.0 Å². The normalized spacial score (nSPS) is 14.4. The van der Waals surface area contributed by atoms with E-state index in [4.69, 9.17) is 0 Å². The van der Waals surface area contributed by atoms with Gasteiger partial charge in [0.05, 0.1) is 12.8 Å². The molecule has 1 aliphatic heterocycles. The van der Waals surface area contributed by atoms with Crippen molar-refractivity contribution in [1.82, 2.24) is 9.80 Å². The van der Waals surface area contributed by atoms with Crippen molar-refractivity contribution in [2.75, 3.05) is 26.2 Å². The van der Waals surface area contributed by atoms with Gasteiger partial charge in [-0.15, -0.1) is 0 Å². The van der Waals surface area contributed by atoms with Gasteiger partial charge in [-0.3, -0.25) is 9.59 Å². The smallest absolute Gasteiger partial charge is 0.227 e. The van der Waals surface area contributed by atoms with Gasteiger partial charge in [0.15, 0.2) is 0 Å². The minimum absolute atomic E-state index is 0.0161. The van der Waals surface area contributed by atoms with Crippen molar-refractivity contribution in [3.05, 3.63) is 71.0 Å². The van der Waals surface area contributed by atoms with Gasteiger partial charge in [-0.05, 0) is 30.2 Å². The first kappa shape index (κ1) is 18.1. The monoisotopic (exact) mass is 354 g/mol. The molecule has 0 saturated carbocycles. The lowest BCUT2D eigenvalue weighted by Gasteiger charge is -2.35. The zero-order chi connectivity index (χ0) is 18.5. The highest BCUT2D eigenvalue weighted by Gasteiger charge is 2.24. The summed E-state index contributed by atoms with van der Waals surface area (Å²) in [7, 11) is 0. The van der Waals surface area contributed by atoms with E-state index < -0.39 is 0 Å². The van der Waals surface area contributed by atoms with E-state index in [1.165, 1.54) is 12.1 Å². The molecule has 0 radical (unpaired) electrons. The Morgan fingerprint density at radius 2 is 1.38 bits per heavy atom. The SMILES string of the molecule is Cc1cccc(CC(=O)N2CCN(C(=O)Cc3ccc(F)cc3)CC2)c1. The van der Waals surface area contributed by atoms with E-state index in [-0.39, 0.29) is 24.1 Å². The third-order valence-corrected chi connectivity index (χ3v) is 4.69. The number of amides is 2. The Hall–Kier alpha value is -2.69. The molecule has 1 fully saturated rings. The highest BCUT2D eigenvalue weighted by atomic mass is 19.1. The van der Waals surface area contributed by atoms with E-state index in [2.05, 4.69) is 0 Å². The Balaban J connectivity index is 1.49. The number of halogens is 1. The Labute approximate surface area is 153 Å². The van der Waals surface area contributed by atoms with Gasteiger partial charge < -0.3 is 9.80 Å². The van der Waals surface area contributed by atoms with Crippen LogP contribution in [-0.2, 0) is 22.4 Å². The fourth-order valence-corrected chi connectivity index (χ4v) is 3.20. The molecule has 26 heavy (non-hydrogen) atoms. The summed E-state index contributed by atoms with van der Waals surface area (Å²) < 4.78 is 12.9. The maximum absolute atomic E-state index is 12.9. The van der Waals surface area contributed by atoms with Gasteiger partial charge in [0.2, 0.25) is 11.8 Å². The second-order valence-corrected chi connectivity index (χ2v) is 6.73. The summed E-state index contributed by atoms with van der Waals surface area (Å²) in [5, 5.41) is 0. The standard InChI is InChI=1S/C21H23FN2O2/c1-16-3-2-4-18(13-16)15-21(26)24-11-9-23(10-12-24)20(25)14-17-5-7-19(22)8-6-17/h2-8,13H,9-12,14-15H2,1H3. The lowest BCUT2D eigenvalue weighted by atomic mass is 10.1. The first-order valence-electron chi connectivity index (χ1n) is 8.87. The maximum atomic E-state index is 12.9. The van der Waals surface area contributed by atoms with Crippen LogP contribution in [-0.4, -0.2) is 47.8 Å². The summed E-state index contributed by atoms with van der Waals surface area (Å²) in [4.78, 5) is 28.5. The molecule has 0 N–H and O–H groups in total. The number of hydrogen-bond donors (Lipinski definition) is 0. The van der Waals surface area contributed by atoms with Crippen LogP contribution in [0, 0.1) is 12.7 Å². The average molecular weight is 354 g/mol. The number of rotatable bonds is 4. The summed E-state index contributed by atoms with van der Waals surface area (Å²) in [6.45, 7) is 4.21. The molecule has 0 aliphatic carbocycles. The van der Waals surface area contributed by atoms with E-state index in [1.54, 1.807) is 17.0 Å². The fourth-order valence-electron chi connectivity index (χ4n) is 3.20. The minimum Gasteiger partial charge on any atom is -0.339 e. The summed E-state index contributed by atoms with van der Waals surface area (Å²) in [6, 6.07) is 14.0. The van der Waals surface area contributed by atoms with Crippen LogP contribution >= 0.6 is 0 Å². The molecule has 136 valence electrons. The number of carbonyl (C=O) groups is 2. The van der Waals surface area contributed by atoms with Crippen LogP contribution < -0.4 is 0 Å². The Morgan fingerprint density at radius 1 is 0.846 bits per heavy atom. The predicted molar refractivity (Wildman–Crippen MR) is 98.1 cm³/mol. The molecule has 0 spiro atoms. The summed E-state index contributed by atoms with van der Waals surface area (Å²) in [5.74, 6) is -0.189. The van der Waals surface area contributed by atoms with E-state index >= 15 is 0 Å². The van der Waals surface area contributed by atoms with Gasteiger partial charge in [0.25, 0.3) is 0 Å². The summed E-state index contributed by atoms with van der Waals surface area (Å²) in [5.41, 5.74) is 2.96. The molecule has 0 bridgehead atoms. The van der Waals surface area contributed by atoms with Crippen LogP contribution in [0.5, 0.6) is 0 Å². The average Bonchev–Trinajstić information content (AvgIpc) is 2.64. The molecule has 3 rings (SSSR count). The van der Waals surface area contributed by atoms with Crippen LogP contribution in [0.4, 0.5) is 4.39 Å². The van der Waals surface area contributed by atoms with Crippen molar-refractivity contribution < 1.29 is 14.0 Å². The van der Waals surface area contributed by atoms with Gasteiger partial charge in [-0.25, -0.2) is 4.39 Å². The Morgan fingerprint density at radius 3 is 1.92 bits per heavy atom. The number of hydrogen-bond acceptors (Lipinski definition) is 2. The Bertz CT molecular complexity index is 781. The highest BCUT2D eigenvalue weighted by molar-refractivity contribution is 5.81. The number of nitrogens with zero attached hydrogens (tertiary/aromatic N) is 2. The molecule has 0 atom stereocenters.